The molecule has 1 saturated carbocycles. The Balaban J connectivity index is 1.28. The second-order valence-electron chi connectivity index (χ2n) is 7.32. The lowest BCUT2D eigenvalue weighted by Crippen LogP contribution is -2.43. The fourth-order valence-electron chi connectivity index (χ4n) is 4.24. The molecule has 1 amide bonds. The van der Waals surface area contributed by atoms with E-state index in [2.05, 4.69) is 26.4 Å². The Hall–Kier alpha value is -2.80. The number of amides is 1. The summed E-state index contributed by atoms with van der Waals surface area (Å²) in [6.07, 6.45) is 9.70. The zero-order valence-corrected chi connectivity index (χ0v) is 16.3. The van der Waals surface area contributed by atoms with E-state index in [0.29, 0.717) is 13.1 Å². The average Bonchev–Trinajstić information content (AvgIpc) is 3.52. The highest BCUT2D eigenvalue weighted by Gasteiger charge is 2.43. The number of carbonyl (C=O) groups excluding carboxylic acids is 1. The Morgan fingerprint density at radius 3 is 2.89 bits per heavy atom. The fourth-order valence-corrected chi connectivity index (χ4v) is 5.22. The topological polar surface area (TPSA) is 64.5 Å². The molecule has 28 heavy (non-hydrogen) atoms. The highest BCUT2D eigenvalue weighted by molar-refractivity contribution is 7.10. The minimum absolute atomic E-state index is 0.167. The van der Waals surface area contributed by atoms with E-state index in [1.807, 2.05) is 41.2 Å². The number of hydrogen-bond acceptors (Lipinski definition) is 4. The maximum atomic E-state index is 13.1. The van der Waals surface area contributed by atoms with Gasteiger partial charge in [0.2, 0.25) is 5.91 Å². The number of carbonyl (C=O) groups is 1. The smallest absolute Gasteiger partial charge is 0.231 e. The van der Waals surface area contributed by atoms with Gasteiger partial charge in [0.15, 0.2) is 5.76 Å². The zero-order chi connectivity index (χ0) is 19.0. The molecule has 4 aromatic heterocycles. The first kappa shape index (κ1) is 17.3. The molecule has 1 aliphatic rings. The minimum atomic E-state index is -0.330. The highest BCUT2D eigenvalue weighted by Crippen LogP contribution is 2.43. The van der Waals surface area contributed by atoms with Crippen LogP contribution in [-0.4, -0.2) is 26.6 Å². The summed E-state index contributed by atoms with van der Waals surface area (Å²) >= 11 is 1.70. The van der Waals surface area contributed by atoms with Crippen molar-refractivity contribution in [3.63, 3.8) is 0 Å². The Kier molecular flexibility index (Phi) is 4.31. The molecule has 0 bridgehead atoms. The number of nitrogens with one attached hydrogen (secondary N) is 1. The second kappa shape index (κ2) is 6.98. The Bertz CT molecular complexity index is 1070. The van der Waals surface area contributed by atoms with Crippen LogP contribution in [0.3, 0.4) is 0 Å². The molecule has 4 heterocycles. The molecule has 0 atom stereocenters. The van der Waals surface area contributed by atoms with E-state index >= 15 is 0 Å². The Morgan fingerprint density at radius 2 is 2.14 bits per heavy atom. The number of thiophene rings is 1. The van der Waals surface area contributed by atoms with Gasteiger partial charge in [0, 0.05) is 36.4 Å². The molecule has 7 heteroatoms. The Labute approximate surface area is 166 Å². The lowest BCUT2D eigenvalue weighted by molar-refractivity contribution is -0.126. The van der Waals surface area contributed by atoms with E-state index in [1.54, 1.807) is 17.6 Å². The third kappa shape index (κ3) is 2.86. The van der Waals surface area contributed by atoms with Crippen molar-refractivity contribution in [3.8, 4) is 11.5 Å². The number of hydrogen-bond donors (Lipinski definition) is 1. The number of furan rings is 1. The molecule has 1 fully saturated rings. The van der Waals surface area contributed by atoms with Crippen molar-refractivity contribution in [2.75, 3.05) is 6.54 Å². The van der Waals surface area contributed by atoms with Crippen molar-refractivity contribution in [1.82, 2.24) is 19.5 Å². The maximum absolute atomic E-state index is 13.1. The van der Waals surface area contributed by atoms with Crippen LogP contribution in [-0.2, 0) is 16.8 Å². The zero-order valence-electron chi connectivity index (χ0n) is 15.5. The van der Waals surface area contributed by atoms with Crippen molar-refractivity contribution in [2.24, 2.45) is 0 Å². The molecule has 0 aromatic carbocycles. The van der Waals surface area contributed by atoms with Crippen LogP contribution in [0.5, 0.6) is 0 Å². The van der Waals surface area contributed by atoms with Gasteiger partial charge in [0.05, 0.1) is 11.7 Å². The maximum Gasteiger partial charge on any atom is 0.231 e. The third-order valence-corrected chi connectivity index (χ3v) is 6.77. The molecule has 0 spiro atoms. The highest BCUT2D eigenvalue weighted by atomic mass is 32.1. The minimum Gasteiger partial charge on any atom is -0.463 e. The van der Waals surface area contributed by atoms with E-state index in [4.69, 9.17) is 4.42 Å². The number of rotatable bonds is 6. The number of nitrogens with zero attached hydrogens (tertiary/aromatic N) is 3. The van der Waals surface area contributed by atoms with Gasteiger partial charge in [-0.05, 0) is 36.4 Å². The lowest BCUT2D eigenvalue weighted by Gasteiger charge is -2.26. The predicted molar refractivity (Wildman–Crippen MR) is 108 cm³/mol. The normalized spacial score (nSPS) is 16.0. The van der Waals surface area contributed by atoms with Crippen molar-refractivity contribution in [2.45, 2.75) is 37.6 Å². The van der Waals surface area contributed by atoms with Gasteiger partial charge in [0.1, 0.15) is 11.3 Å². The van der Waals surface area contributed by atoms with E-state index in [9.17, 15) is 4.79 Å². The number of imidazole rings is 1. The standard InChI is InChI=1S/C21H22N4O2S/c26-20(21(7-1-2-8-21)18-6-4-14-28-18)22-9-10-24-11-12-25-19(24)15-16(23-25)17-5-3-13-27-17/h3-6,11-15H,1-2,7-10H2,(H,22,26). The first-order chi connectivity index (χ1) is 13.8. The van der Waals surface area contributed by atoms with Gasteiger partial charge >= 0.3 is 0 Å². The van der Waals surface area contributed by atoms with Gasteiger partial charge in [-0.15, -0.1) is 11.3 Å². The summed E-state index contributed by atoms with van der Waals surface area (Å²) in [5.74, 6) is 0.920. The van der Waals surface area contributed by atoms with Crippen molar-refractivity contribution in [3.05, 3.63) is 59.2 Å². The SMILES string of the molecule is O=C(NCCn1ccn2nc(-c3ccco3)cc12)C1(c2cccs2)CCCC1. The van der Waals surface area contributed by atoms with Crippen LogP contribution in [0.1, 0.15) is 30.6 Å². The van der Waals surface area contributed by atoms with E-state index < -0.39 is 0 Å². The predicted octanol–water partition coefficient (Wildman–Crippen LogP) is 4.09. The van der Waals surface area contributed by atoms with Gasteiger partial charge < -0.3 is 14.3 Å². The molecular weight excluding hydrogens is 372 g/mol. The summed E-state index contributed by atoms with van der Waals surface area (Å²) < 4.78 is 9.37. The average molecular weight is 395 g/mol. The van der Waals surface area contributed by atoms with Gasteiger partial charge in [-0.1, -0.05) is 18.9 Å². The van der Waals surface area contributed by atoms with Crippen molar-refractivity contribution < 1.29 is 9.21 Å². The van der Waals surface area contributed by atoms with Crippen LogP contribution >= 0.6 is 11.3 Å². The van der Waals surface area contributed by atoms with E-state index in [-0.39, 0.29) is 11.3 Å². The summed E-state index contributed by atoms with van der Waals surface area (Å²) in [5.41, 5.74) is 1.46. The van der Waals surface area contributed by atoms with Gasteiger partial charge in [-0.25, -0.2) is 4.52 Å². The van der Waals surface area contributed by atoms with Crippen LogP contribution in [0.2, 0.25) is 0 Å². The first-order valence-electron chi connectivity index (χ1n) is 9.67. The van der Waals surface area contributed by atoms with Gasteiger partial charge in [-0.2, -0.15) is 5.10 Å². The molecular formula is C21H22N4O2S. The number of aromatic nitrogens is 3. The summed E-state index contributed by atoms with van der Waals surface area (Å²) in [6, 6.07) is 9.91. The quantitative estimate of drug-likeness (QED) is 0.536. The van der Waals surface area contributed by atoms with Crippen LogP contribution < -0.4 is 5.32 Å². The van der Waals surface area contributed by atoms with Crippen molar-refractivity contribution >= 4 is 22.9 Å². The van der Waals surface area contributed by atoms with Gasteiger partial charge in [-0.3, -0.25) is 4.79 Å². The lowest BCUT2D eigenvalue weighted by atomic mass is 9.83. The molecule has 144 valence electrons. The number of fused-ring (bicyclic) bond motifs is 1. The molecule has 1 N–H and O–H groups in total. The fraction of sp³-hybridized carbons (Fsp3) is 0.333. The molecule has 0 aliphatic heterocycles. The van der Waals surface area contributed by atoms with Crippen LogP contribution in [0.15, 0.2) is 58.8 Å². The van der Waals surface area contributed by atoms with Crippen LogP contribution in [0.4, 0.5) is 0 Å². The second-order valence-corrected chi connectivity index (χ2v) is 8.27. The molecule has 0 saturated heterocycles. The molecule has 4 aromatic rings. The monoisotopic (exact) mass is 394 g/mol. The first-order valence-corrected chi connectivity index (χ1v) is 10.5. The Morgan fingerprint density at radius 1 is 1.25 bits per heavy atom. The molecule has 0 radical (unpaired) electrons. The summed E-state index contributed by atoms with van der Waals surface area (Å²) in [7, 11) is 0. The third-order valence-electron chi connectivity index (χ3n) is 5.69. The summed E-state index contributed by atoms with van der Waals surface area (Å²) in [4.78, 5) is 14.3. The van der Waals surface area contributed by atoms with Gasteiger partial charge in [0.25, 0.3) is 0 Å². The van der Waals surface area contributed by atoms with E-state index in [0.717, 1.165) is 42.8 Å². The summed E-state index contributed by atoms with van der Waals surface area (Å²) in [5, 5.41) is 9.80. The summed E-state index contributed by atoms with van der Waals surface area (Å²) in [6.45, 7) is 1.30. The van der Waals surface area contributed by atoms with E-state index in [1.165, 1.54) is 4.88 Å². The largest absolute Gasteiger partial charge is 0.463 e. The molecule has 0 unspecified atom stereocenters. The molecule has 6 nitrogen and oxygen atoms in total. The molecule has 1 aliphatic carbocycles. The van der Waals surface area contributed by atoms with Crippen LogP contribution in [0.25, 0.3) is 17.1 Å². The van der Waals surface area contributed by atoms with Crippen molar-refractivity contribution in [1.29, 1.82) is 0 Å². The van der Waals surface area contributed by atoms with Crippen LogP contribution in [0, 0.1) is 0 Å². The molecule has 5 rings (SSSR count).